The lowest BCUT2D eigenvalue weighted by Gasteiger charge is -2.08. The summed E-state index contributed by atoms with van der Waals surface area (Å²) in [6, 6.07) is 11.6. The minimum absolute atomic E-state index is 0.313. The van der Waals surface area contributed by atoms with E-state index in [0.717, 1.165) is 0 Å². The van der Waals surface area contributed by atoms with E-state index >= 15 is 0 Å². The topological polar surface area (TPSA) is 33.0 Å². The Morgan fingerprint density at radius 1 is 1.11 bits per heavy atom. The van der Waals surface area contributed by atoms with E-state index < -0.39 is 0 Å². The molecule has 18 heavy (non-hydrogen) atoms. The van der Waals surface area contributed by atoms with Crippen molar-refractivity contribution in [3.63, 3.8) is 0 Å². The zero-order chi connectivity index (χ0) is 13.1. The number of hydrogen-bond donors (Lipinski definition) is 0. The standard InChI is InChI=1S/C13H6Br2FNO/c14-10-2-1-3-13(9(10)7-17)18-8-4-5-12(16)11(15)6-8/h1-6H. The molecule has 0 aromatic heterocycles. The molecule has 2 aromatic carbocycles. The van der Waals surface area contributed by atoms with Crippen LogP contribution in [0.15, 0.2) is 45.3 Å². The molecule has 0 bridgehead atoms. The van der Waals surface area contributed by atoms with Crippen LogP contribution in [-0.2, 0) is 0 Å². The molecule has 0 fully saturated rings. The molecule has 2 aromatic rings. The largest absolute Gasteiger partial charge is 0.456 e. The van der Waals surface area contributed by atoms with Gasteiger partial charge in [-0.1, -0.05) is 6.07 Å². The Labute approximate surface area is 120 Å². The summed E-state index contributed by atoms with van der Waals surface area (Å²) in [5, 5.41) is 9.05. The van der Waals surface area contributed by atoms with Crippen LogP contribution < -0.4 is 4.74 Å². The summed E-state index contributed by atoms with van der Waals surface area (Å²) in [4.78, 5) is 0. The first kappa shape index (κ1) is 13.1. The summed E-state index contributed by atoms with van der Waals surface area (Å²) in [6.45, 7) is 0. The SMILES string of the molecule is N#Cc1c(Br)cccc1Oc1ccc(F)c(Br)c1. The van der Waals surface area contributed by atoms with Gasteiger partial charge in [-0.2, -0.15) is 5.26 Å². The maximum absolute atomic E-state index is 13.1. The van der Waals surface area contributed by atoms with Crippen molar-refractivity contribution in [2.45, 2.75) is 0 Å². The van der Waals surface area contributed by atoms with E-state index in [1.165, 1.54) is 18.2 Å². The summed E-state index contributed by atoms with van der Waals surface area (Å²) in [7, 11) is 0. The predicted molar refractivity (Wildman–Crippen MR) is 73.0 cm³/mol. The van der Waals surface area contributed by atoms with Gasteiger partial charge in [-0.3, -0.25) is 0 Å². The van der Waals surface area contributed by atoms with E-state index in [1.807, 2.05) is 0 Å². The van der Waals surface area contributed by atoms with Gasteiger partial charge in [0.25, 0.3) is 0 Å². The minimum Gasteiger partial charge on any atom is -0.456 e. The van der Waals surface area contributed by atoms with E-state index in [1.54, 1.807) is 18.2 Å². The zero-order valence-corrected chi connectivity index (χ0v) is 12.1. The van der Waals surface area contributed by atoms with Crippen LogP contribution in [0.5, 0.6) is 11.5 Å². The van der Waals surface area contributed by atoms with Crippen LogP contribution in [0.3, 0.4) is 0 Å². The van der Waals surface area contributed by atoms with Gasteiger partial charge in [-0.05, 0) is 62.2 Å². The number of halogens is 3. The molecule has 0 aliphatic heterocycles. The number of benzene rings is 2. The first-order chi connectivity index (χ1) is 8.61. The third kappa shape index (κ3) is 2.71. The normalized spacial score (nSPS) is 9.89. The summed E-state index contributed by atoms with van der Waals surface area (Å²) in [5.41, 5.74) is 0.401. The molecule has 5 heteroatoms. The Morgan fingerprint density at radius 3 is 2.56 bits per heavy atom. The summed E-state index contributed by atoms with van der Waals surface area (Å²) >= 11 is 6.36. The Hall–Kier alpha value is -1.38. The van der Waals surface area contributed by atoms with E-state index in [-0.39, 0.29) is 5.82 Å². The maximum atomic E-state index is 13.1. The van der Waals surface area contributed by atoms with Crippen LogP contribution in [0.25, 0.3) is 0 Å². The summed E-state index contributed by atoms with van der Waals surface area (Å²) in [6.07, 6.45) is 0. The molecule has 0 radical (unpaired) electrons. The Morgan fingerprint density at radius 2 is 1.89 bits per heavy atom. The monoisotopic (exact) mass is 369 g/mol. The molecular weight excluding hydrogens is 365 g/mol. The molecule has 0 N–H and O–H groups in total. The highest BCUT2D eigenvalue weighted by atomic mass is 79.9. The lowest BCUT2D eigenvalue weighted by Crippen LogP contribution is -1.90. The van der Waals surface area contributed by atoms with Crippen molar-refractivity contribution in [1.82, 2.24) is 0 Å². The van der Waals surface area contributed by atoms with Gasteiger partial charge in [0.15, 0.2) is 0 Å². The van der Waals surface area contributed by atoms with Crippen molar-refractivity contribution in [3.05, 3.63) is 56.7 Å². The fraction of sp³-hybridized carbons (Fsp3) is 0. The first-order valence-corrected chi connectivity index (χ1v) is 6.52. The highest BCUT2D eigenvalue weighted by Gasteiger charge is 2.09. The number of hydrogen-bond acceptors (Lipinski definition) is 2. The molecule has 0 aliphatic rings. The molecule has 0 unspecified atom stereocenters. The molecule has 0 saturated heterocycles. The van der Waals surface area contributed by atoms with Gasteiger partial charge >= 0.3 is 0 Å². The predicted octanol–water partition coefficient (Wildman–Crippen LogP) is 5.01. The van der Waals surface area contributed by atoms with Crippen molar-refractivity contribution in [3.8, 4) is 17.6 Å². The zero-order valence-electron chi connectivity index (χ0n) is 8.95. The molecule has 2 nitrogen and oxygen atoms in total. The van der Waals surface area contributed by atoms with Gasteiger partial charge < -0.3 is 4.74 Å². The third-order valence-electron chi connectivity index (χ3n) is 2.21. The van der Waals surface area contributed by atoms with E-state index in [4.69, 9.17) is 10.00 Å². The smallest absolute Gasteiger partial charge is 0.146 e. The quantitative estimate of drug-likeness (QED) is 0.743. The van der Waals surface area contributed by atoms with Crippen LogP contribution in [0, 0.1) is 17.1 Å². The molecule has 0 heterocycles. The van der Waals surface area contributed by atoms with Crippen LogP contribution in [0.1, 0.15) is 5.56 Å². The Bertz CT molecular complexity index is 637. The molecule has 0 atom stereocenters. The fourth-order valence-corrected chi connectivity index (χ4v) is 2.16. The molecule has 90 valence electrons. The van der Waals surface area contributed by atoms with Gasteiger partial charge in [-0.15, -0.1) is 0 Å². The number of nitriles is 1. The van der Waals surface area contributed by atoms with Crippen LogP contribution >= 0.6 is 31.9 Å². The van der Waals surface area contributed by atoms with Gasteiger partial charge in [0.2, 0.25) is 0 Å². The highest BCUT2D eigenvalue weighted by Crippen LogP contribution is 2.31. The second-order valence-corrected chi connectivity index (χ2v) is 5.11. The van der Waals surface area contributed by atoms with Crippen LogP contribution in [-0.4, -0.2) is 0 Å². The van der Waals surface area contributed by atoms with Crippen LogP contribution in [0.4, 0.5) is 4.39 Å². The van der Waals surface area contributed by atoms with E-state index in [2.05, 4.69) is 37.9 Å². The van der Waals surface area contributed by atoms with Crippen molar-refractivity contribution < 1.29 is 9.13 Å². The van der Waals surface area contributed by atoms with Gasteiger partial charge in [0, 0.05) is 4.47 Å². The Balaban J connectivity index is 2.37. The summed E-state index contributed by atoms with van der Waals surface area (Å²) in [5.74, 6) is 0.514. The molecule has 0 aliphatic carbocycles. The molecule has 0 saturated carbocycles. The number of rotatable bonds is 2. The molecule has 2 rings (SSSR count). The molecule has 0 spiro atoms. The van der Waals surface area contributed by atoms with Crippen molar-refractivity contribution in [1.29, 1.82) is 5.26 Å². The summed E-state index contributed by atoms with van der Waals surface area (Å²) < 4.78 is 19.6. The van der Waals surface area contributed by atoms with Gasteiger partial charge in [-0.25, -0.2) is 4.39 Å². The Kier molecular flexibility index (Phi) is 4.00. The second-order valence-electron chi connectivity index (χ2n) is 3.40. The van der Waals surface area contributed by atoms with Crippen LogP contribution in [0.2, 0.25) is 0 Å². The van der Waals surface area contributed by atoms with Crippen molar-refractivity contribution in [2.75, 3.05) is 0 Å². The third-order valence-corrected chi connectivity index (χ3v) is 3.47. The maximum Gasteiger partial charge on any atom is 0.146 e. The van der Waals surface area contributed by atoms with Gasteiger partial charge in [0.1, 0.15) is 28.9 Å². The second kappa shape index (κ2) is 5.51. The molecular formula is C13H6Br2FNO. The highest BCUT2D eigenvalue weighted by molar-refractivity contribution is 9.10. The van der Waals surface area contributed by atoms with Crippen molar-refractivity contribution in [2.24, 2.45) is 0 Å². The van der Waals surface area contributed by atoms with Crippen molar-refractivity contribution >= 4 is 31.9 Å². The fourth-order valence-electron chi connectivity index (χ4n) is 1.37. The lowest BCUT2D eigenvalue weighted by molar-refractivity contribution is 0.478. The lowest BCUT2D eigenvalue weighted by atomic mass is 10.2. The average Bonchev–Trinajstić information content (AvgIpc) is 2.34. The molecule has 0 amide bonds. The number of nitrogens with zero attached hydrogens (tertiary/aromatic N) is 1. The number of ether oxygens (including phenoxy) is 1. The minimum atomic E-state index is -0.364. The van der Waals surface area contributed by atoms with Gasteiger partial charge in [0.05, 0.1) is 4.47 Å². The first-order valence-electron chi connectivity index (χ1n) is 4.93. The van der Waals surface area contributed by atoms with E-state index in [9.17, 15) is 4.39 Å². The van der Waals surface area contributed by atoms with E-state index in [0.29, 0.717) is 26.0 Å². The average molecular weight is 371 g/mol.